The van der Waals surface area contributed by atoms with Gasteiger partial charge in [-0.3, -0.25) is 0 Å². The third kappa shape index (κ3) is 2.93. The predicted octanol–water partition coefficient (Wildman–Crippen LogP) is 5.19. The first kappa shape index (κ1) is 17.1. The van der Waals surface area contributed by atoms with Gasteiger partial charge in [-0.15, -0.1) is 0 Å². The molecule has 1 heterocycles. The Morgan fingerprint density at radius 3 is 2.30 bits per heavy atom. The third-order valence-electron chi connectivity index (χ3n) is 4.46. The fourth-order valence-corrected chi connectivity index (χ4v) is 3.25. The molecule has 1 aliphatic rings. The SMILES string of the molecule is O=C1O[C@@](Nc2cccc(C(F)(F)F)c2)(c2ccccc2)c2ccccc21. The molecule has 0 fully saturated rings. The lowest BCUT2D eigenvalue weighted by Crippen LogP contribution is -2.37. The molecule has 0 unspecified atom stereocenters. The van der Waals surface area contributed by atoms with Crippen molar-refractivity contribution in [2.24, 2.45) is 0 Å². The Kier molecular flexibility index (Phi) is 3.91. The van der Waals surface area contributed by atoms with E-state index in [1.165, 1.54) is 12.1 Å². The maximum absolute atomic E-state index is 13.1. The van der Waals surface area contributed by atoms with Crippen LogP contribution in [0.2, 0.25) is 0 Å². The van der Waals surface area contributed by atoms with Crippen LogP contribution in [-0.2, 0) is 16.6 Å². The number of alkyl halides is 3. The van der Waals surface area contributed by atoms with E-state index in [2.05, 4.69) is 5.32 Å². The topological polar surface area (TPSA) is 38.3 Å². The van der Waals surface area contributed by atoms with Gasteiger partial charge in [0.05, 0.1) is 11.1 Å². The molecule has 1 N–H and O–H groups in total. The minimum Gasteiger partial charge on any atom is -0.427 e. The van der Waals surface area contributed by atoms with Crippen molar-refractivity contribution in [3.05, 3.63) is 101 Å². The van der Waals surface area contributed by atoms with Gasteiger partial charge in [0.15, 0.2) is 0 Å². The summed E-state index contributed by atoms with van der Waals surface area (Å²) in [5.41, 5.74) is -0.453. The van der Waals surface area contributed by atoms with Crippen LogP contribution in [0, 0.1) is 0 Å². The Labute approximate surface area is 153 Å². The molecule has 0 saturated heterocycles. The molecule has 0 amide bonds. The van der Waals surface area contributed by atoms with Crippen LogP contribution in [0.4, 0.5) is 18.9 Å². The molecule has 1 aliphatic heterocycles. The number of benzene rings is 3. The molecule has 0 radical (unpaired) electrons. The van der Waals surface area contributed by atoms with Crippen molar-refractivity contribution in [1.29, 1.82) is 0 Å². The molecular weight excluding hydrogens is 355 g/mol. The van der Waals surface area contributed by atoms with E-state index >= 15 is 0 Å². The number of anilines is 1. The molecule has 4 rings (SSSR count). The highest BCUT2D eigenvalue weighted by Gasteiger charge is 2.47. The van der Waals surface area contributed by atoms with E-state index in [1.54, 1.807) is 48.5 Å². The van der Waals surface area contributed by atoms with Crippen LogP contribution in [0.15, 0.2) is 78.9 Å². The van der Waals surface area contributed by atoms with Gasteiger partial charge in [-0.2, -0.15) is 13.2 Å². The van der Waals surface area contributed by atoms with Gasteiger partial charge in [0, 0.05) is 16.8 Å². The number of nitrogens with one attached hydrogen (secondary N) is 1. The fourth-order valence-electron chi connectivity index (χ4n) is 3.25. The van der Waals surface area contributed by atoms with Crippen LogP contribution in [0.1, 0.15) is 27.0 Å². The average Bonchev–Trinajstić information content (AvgIpc) is 2.95. The van der Waals surface area contributed by atoms with E-state index in [4.69, 9.17) is 4.74 Å². The van der Waals surface area contributed by atoms with Crippen LogP contribution in [0.25, 0.3) is 0 Å². The maximum Gasteiger partial charge on any atom is 0.416 e. The molecule has 0 bridgehead atoms. The van der Waals surface area contributed by atoms with Crippen LogP contribution >= 0.6 is 0 Å². The summed E-state index contributed by atoms with van der Waals surface area (Å²) >= 11 is 0. The molecule has 0 saturated carbocycles. The molecule has 3 aromatic carbocycles. The van der Waals surface area contributed by atoms with Crippen molar-refractivity contribution in [1.82, 2.24) is 0 Å². The summed E-state index contributed by atoms with van der Waals surface area (Å²) < 4.78 is 45.0. The van der Waals surface area contributed by atoms with E-state index in [0.29, 0.717) is 16.7 Å². The van der Waals surface area contributed by atoms with Crippen molar-refractivity contribution in [2.45, 2.75) is 11.9 Å². The number of carbonyl (C=O) groups is 1. The van der Waals surface area contributed by atoms with Gasteiger partial charge in [0.2, 0.25) is 5.72 Å². The summed E-state index contributed by atoms with van der Waals surface area (Å²) in [7, 11) is 0. The van der Waals surface area contributed by atoms with Gasteiger partial charge >= 0.3 is 12.1 Å². The number of hydrogen-bond acceptors (Lipinski definition) is 3. The summed E-state index contributed by atoms with van der Waals surface area (Å²) in [5.74, 6) is -0.533. The lowest BCUT2D eigenvalue weighted by atomic mass is 9.92. The van der Waals surface area contributed by atoms with E-state index in [0.717, 1.165) is 12.1 Å². The summed E-state index contributed by atoms with van der Waals surface area (Å²) in [6, 6.07) is 20.5. The molecule has 0 aliphatic carbocycles. The first-order chi connectivity index (χ1) is 12.9. The number of carbonyl (C=O) groups excluding carboxylic acids is 1. The molecule has 3 aromatic rings. The Bertz CT molecular complexity index is 1000. The number of ether oxygens (including phenoxy) is 1. The number of rotatable bonds is 3. The Hall–Kier alpha value is -3.28. The largest absolute Gasteiger partial charge is 0.427 e. The second-order valence-electron chi connectivity index (χ2n) is 6.19. The van der Waals surface area contributed by atoms with Gasteiger partial charge in [-0.25, -0.2) is 4.79 Å². The molecule has 27 heavy (non-hydrogen) atoms. The third-order valence-corrected chi connectivity index (χ3v) is 4.46. The van der Waals surface area contributed by atoms with Crippen molar-refractivity contribution in [3.8, 4) is 0 Å². The Balaban J connectivity index is 1.86. The minimum absolute atomic E-state index is 0.193. The van der Waals surface area contributed by atoms with E-state index in [9.17, 15) is 18.0 Å². The zero-order chi connectivity index (χ0) is 19.1. The number of fused-ring (bicyclic) bond motifs is 1. The van der Waals surface area contributed by atoms with Gasteiger partial charge in [-0.1, -0.05) is 54.6 Å². The number of cyclic esters (lactones) is 1. The van der Waals surface area contributed by atoms with Gasteiger partial charge in [0.1, 0.15) is 0 Å². The summed E-state index contributed by atoms with van der Waals surface area (Å²) in [5, 5.41) is 3.03. The smallest absolute Gasteiger partial charge is 0.416 e. The van der Waals surface area contributed by atoms with Crippen LogP contribution in [0.3, 0.4) is 0 Å². The van der Waals surface area contributed by atoms with E-state index in [1.807, 2.05) is 6.07 Å². The summed E-state index contributed by atoms with van der Waals surface area (Å²) in [6.07, 6.45) is -4.47. The average molecular weight is 369 g/mol. The number of hydrogen-bond donors (Lipinski definition) is 1. The number of halogens is 3. The van der Waals surface area contributed by atoms with Gasteiger partial charge in [-0.05, 0) is 24.3 Å². The zero-order valence-electron chi connectivity index (χ0n) is 14.0. The fraction of sp³-hybridized carbons (Fsp3) is 0.0952. The maximum atomic E-state index is 13.1. The van der Waals surface area contributed by atoms with Gasteiger partial charge in [0.25, 0.3) is 0 Å². The molecular formula is C21H14F3NO2. The second kappa shape index (κ2) is 6.16. The van der Waals surface area contributed by atoms with E-state index in [-0.39, 0.29) is 5.69 Å². The molecule has 1 atom stereocenters. The molecule has 0 aromatic heterocycles. The van der Waals surface area contributed by atoms with Crippen LogP contribution in [-0.4, -0.2) is 5.97 Å². The van der Waals surface area contributed by atoms with Crippen molar-refractivity contribution in [2.75, 3.05) is 5.32 Å². The minimum atomic E-state index is -4.47. The van der Waals surface area contributed by atoms with Crippen LogP contribution in [0.5, 0.6) is 0 Å². The Morgan fingerprint density at radius 1 is 0.852 bits per heavy atom. The van der Waals surface area contributed by atoms with E-state index < -0.39 is 23.4 Å². The normalized spacial score (nSPS) is 18.7. The zero-order valence-corrected chi connectivity index (χ0v) is 14.0. The van der Waals surface area contributed by atoms with Gasteiger partial charge < -0.3 is 10.1 Å². The van der Waals surface area contributed by atoms with Crippen LogP contribution < -0.4 is 5.32 Å². The Morgan fingerprint density at radius 2 is 1.56 bits per heavy atom. The molecule has 0 spiro atoms. The lowest BCUT2D eigenvalue weighted by molar-refractivity contribution is -0.137. The summed E-state index contributed by atoms with van der Waals surface area (Å²) in [6.45, 7) is 0. The standard InChI is InChI=1S/C21H14F3NO2/c22-21(23,24)15-9-6-10-16(13-15)25-20(14-7-2-1-3-8-14)18-12-5-4-11-17(18)19(26)27-20/h1-13,25H/t20-/m0/s1. The second-order valence-corrected chi connectivity index (χ2v) is 6.19. The van der Waals surface area contributed by atoms with Crippen molar-refractivity contribution >= 4 is 11.7 Å². The monoisotopic (exact) mass is 369 g/mol. The predicted molar refractivity (Wildman–Crippen MR) is 94.1 cm³/mol. The first-order valence-corrected chi connectivity index (χ1v) is 8.24. The lowest BCUT2D eigenvalue weighted by Gasteiger charge is -2.31. The molecule has 6 heteroatoms. The first-order valence-electron chi connectivity index (χ1n) is 8.24. The highest BCUT2D eigenvalue weighted by atomic mass is 19.4. The van der Waals surface area contributed by atoms with Crippen molar-refractivity contribution in [3.63, 3.8) is 0 Å². The highest BCUT2D eigenvalue weighted by Crippen LogP contribution is 2.43. The highest BCUT2D eigenvalue weighted by molar-refractivity contribution is 5.96. The number of esters is 1. The summed E-state index contributed by atoms with van der Waals surface area (Å²) in [4.78, 5) is 12.4. The quantitative estimate of drug-likeness (QED) is 0.646. The molecule has 136 valence electrons. The van der Waals surface area contributed by atoms with Crippen molar-refractivity contribution < 1.29 is 22.7 Å². The molecule has 3 nitrogen and oxygen atoms in total.